The van der Waals surface area contributed by atoms with E-state index < -0.39 is 0 Å². The van der Waals surface area contributed by atoms with Gasteiger partial charge in [-0.05, 0) is 31.0 Å². The van der Waals surface area contributed by atoms with Crippen LogP contribution in [0.4, 0.5) is 0 Å². The summed E-state index contributed by atoms with van der Waals surface area (Å²) in [6.07, 6.45) is 2.96. The number of benzene rings is 1. The number of nitrogens with zero attached hydrogens (tertiary/aromatic N) is 4. The molecule has 0 aliphatic carbocycles. The van der Waals surface area contributed by atoms with E-state index in [0.717, 1.165) is 50.8 Å². The minimum atomic E-state index is 0.501. The number of hydrogen-bond acceptors (Lipinski definition) is 3. The maximum absolute atomic E-state index is 4.81. The highest BCUT2D eigenvalue weighted by Gasteiger charge is 2.25. The largest absolute Gasteiger partial charge is 0.357 e. The average molecular weight is 366 g/mol. The number of piperazine rings is 1. The molecule has 0 radical (unpaired) electrons. The first-order valence-corrected chi connectivity index (χ1v) is 10.0. The normalized spacial score (nSPS) is 17.0. The first-order valence-electron chi connectivity index (χ1n) is 10.0. The third-order valence-electron chi connectivity index (χ3n) is 5.08. The molecule has 5 nitrogen and oxygen atoms in total. The second-order valence-electron chi connectivity index (χ2n) is 6.85. The van der Waals surface area contributed by atoms with Crippen LogP contribution in [0, 0.1) is 0 Å². The molecule has 3 rings (SSSR count). The van der Waals surface area contributed by atoms with E-state index in [1.165, 1.54) is 5.56 Å². The third kappa shape index (κ3) is 5.30. The molecule has 1 aliphatic heterocycles. The molecule has 144 valence electrons. The average Bonchev–Trinajstić information content (AvgIpc) is 2.74. The third-order valence-corrected chi connectivity index (χ3v) is 5.08. The second kappa shape index (κ2) is 10.1. The van der Waals surface area contributed by atoms with E-state index in [4.69, 9.17) is 4.99 Å². The van der Waals surface area contributed by atoms with Gasteiger partial charge >= 0.3 is 0 Å². The molecule has 0 amide bonds. The van der Waals surface area contributed by atoms with Gasteiger partial charge in [-0.2, -0.15) is 0 Å². The van der Waals surface area contributed by atoms with E-state index in [0.29, 0.717) is 12.6 Å². The van der Waals surface area contributed by atoms with Crippen molar-refractivity contribution in [1.82, 2.24) is 20.1 Å². The van der Waals surface area contributed by atoms with Gasteiger partial charge in [-0.15, -0.1) is 0 Å². The Morgan fingerprint density at radius 3 is 2.41 bits per heavy atom. The fourth-order valence-electron chi connectivity index (χ4n) is 3.70. The Balaban J connectivity index is 1.61. The van der Waals surface area contributed by atoms with Crippen molar-refractivity contribution < 1.29 is 0 Å². The van der Waals surface area contributed by atoms with E-state index in [2.05, 4.69) is 64.3 Å². The molecule has 1 aliphatic rings. The summed E-state index contributed by atoms with van der Waals surface area (Å²) >= 11 is 0. The molecule has 0 saturated carbocycles. The van der Waals surface area contributed by atoms with Crippen molar-refractivity contribution in [3.05, 3.63) is 66.0 Å². The summed E-state index contributed by atoms with van der Waals surface area (Å²) in [4.78, 5) is 14.2. The zero-order chi connectivity index (χ0) is 18.9. The molecule has 5 heteroatoms. The lowest BCUT2D eigenvalue weighted by atomic mass is 10.0. The van der Waals surface area contributed by atoms with E-state index in [9.17, 15) is 0 Å². The van der Waals surface area contributed by atoms with E-state index in [-0.39, 0.29) is 0 Å². The number of aliphatic imine (C=N–C) groups is 1. The molecule has 0 bridgehead atoms. The van der Waals surface area contributed by atoms with E-state index in [1.54, 1.807) is 0 Å². The first kappa shape index (κ1) is 19.4. The Kier molecular flexibility index (Phi) is 7.22. The number of nitrogens with one attached hydrogen (secondary N) is 1. The minimum absolute atomic E-state index is 0.501. The van der Waals surface area contributed by atoms with Gasteiger partial charge in [0.15, 0.2) is 5.96 Å². The summed E-state index contributed by atoms with van der Waals surface area (Å²) in [6, 6.07) is 17.3. The molecule has 1 unspecified atom stereocenters. The summed E-state index contributed by atoms with van der Waals surface area (Å²) in [5.41, 5.74) is 2.42. The predicted molar refractivity (Wildman–Crippen MR) is 112 cm³/mol. The fraction of sp³-hybridized carbons (Fsp3) is 0.455. The van der Waals surface area contributed by atoms with Crippen LogP contribution in [-0.4, -0.2) is 53.5 Å². The Hall–Kier alpha value is -2.40. The van der Waals surface area contributed by atoms with Crippen molar-refractivity contribution >= 4 is 5.96 Å². The second-order valence-corrected chi connectivity index (χ2v) is 6.85. The van der Waals surface area contributed by atoms with Crippen molar-refractivity contribution in [2.75, 3.05) is 32.7 Å². The zero-order valence-corrected chi connectivity index (χ0v) is 16.5. The lowest BCUT2D eigenvalue weighted by Crippen LogP contribution is -2.53. The Morgan fingerprint density at radius 2 is 1.78 bits per heavy atom. The van der Waals surface area contributed by atoms with Crippen LogP contribution in [0.2, 0.25) is 0 Å². The lowest BCUT2D eigenvalue weighted by Gasteiger charge is -2.40. The summed E-state index contributed by atoms with van der Waals surface area (Å²) in [7, 11) is 0. The Labute approximate surface area is 163 Å². The van der Waals surface area contributed by atoms with Crippen molar-refractivity contribution in [2.24, 2.45) is 4.99 Å². The molecular formula is C22H31N5. The van der Waals surface area contributed by atoms with Crippen LogP contribution < -0.4 is 5.32 Å². The van der Waals surface area contributed by atoms with Gasteiger partial charge < -0.3 is 10.2 Å². The fourth-order valence-corrected chi connectivity index (χ4v) is 3.70. The maximum Gasteiger partial charge on any atom is 0.194 e. The van der Waals surface area contributed by atoms with Crippen LogP contribution in [0.25, 0.3) is 0 Å². The van der Waals surface area contributed by atoms with Crippen LogP contribution >= 0.6 is 0 Å². The Morgan fingerprint density at radius 1 is 1.04 bits per heavy atom. The smallest absolute Gasteiger partial charge is 0.194 e. The highest BCUT2D eigenvalue weighted by atomic mass is 15.4. The molecular weight excluding hydrogens is 334 g/mol. The zero-order valence-electron chi connectivity index (χ0n) is 16.5. The molecule has 2 aromatic rings. The standard InChI is InChI=1S/C22H31N5/c1-3-21(19-10-6-5-7-11-19)26-14-16-27(17-15-26)22(23-4-2)25-18-20-12-8-9-13-24-20/h5-13,21H,3-4,14-18H2,1-2H3,(H,23,25). The van der Waals surface area contributed by atoms with Gasteiger partial charge in [-0.25, -0.2) is 4.99 Å². The molecule has 1 N–H and O–H groups in total. The molecule has 1 fully saturated rings. The highest BCUT2D eigenvalue weighted by Crippen LogP contribution is 2.25. The monoisotopic (exact) mass is 365 g/mol. The molecule has 1 atom stereocenters. The van der Waals surface area contributed by atoms with Gasteiger partial charge in [0.25, 0.3) is 0 Å². The predicted octanol–water partition coefficient (Wildman–Crippen LogP) is 3.32. The van der Waals surface area contributed by atoms with Crippen LogP contribution in [0.15, 0.2) is 59.7 Å². The molecule has 27 heavy (non-hydrogen) atoms. The van der Waals surface area contributed by atoms with E-state index >= 15 is 0 Å². The summed E-state index contributed by atoms with van der Waals surface area (Å²) in [5.74, 6) is 0.996. The van der Waals surface area contributed by atoms with Crippen molar-refractivity contribution in [2.45, 2.75) is 32.9 Å². The van der Waals surface area contributed by atoms with Crippen LogP contribution in [0.3, 0.4) is 0 Å². The molecule has 1 aromatic heterocycles. The summed E-state index contributed by atoms with van der Waals surface area (Å²) < 4.78 is 0. The summed E-state index contributed by atoms with van der Waals surface area (Å²) in [5, 5.41) is 3.44. The van der Waals surface area contributed by atoms with Crippen molar-refractivity contribution in [1.29, 1.82) is 0 Å². The maximum atomic E-state index is 4.81. The lowest BCUT2D eigenvalue weighted by molar-refractivity contribution is 0.127. The highest BCUT2D eigenvalue weighted by molar-refractivity contribution is 5.80. The number of aromatic nitrogens is 1. The first-order chi connectivity index (χ1) is 13.3. The topological polar surface area (TPSA) is 43.8 Å². The molecule has 0 spiro atoms. The SMILES string of the molecule is CCNC(=NCc1ccccn1)N1CCN(C(CC)c2ccccc2)CC1. The number of guanidine groups is 1. The van der Waals surface area contributed by atoms with Crippen LogP contribution in [-0.2, 0) is 6.54 Å². The Bertz CT molecular complexity index is 693. The quantitative estimate of drug-likeness (QED) is 0.630. The van der Waals surface area contributed by atoms with Crippen LogP contribution in [0.5, 0.6) is 0 Å². The summed E-state index contributed by atoms with van der Waals surface area (Å²) in [6.45, 7) is 10.0. The van der Waals surface area contributed by atoms with Gasteiger partial charge in [-0.1, -0.05) is 43.3 Å². The molecule has 2 heterocycles. The van der Waals surface area contributed by atoms with Gasteiger partial charge in [0.1, 0.15) is 0 Å². The van der Waals surface area contributed by atoms with Crippen LogP contribution in [0.1, 0.15) is 37.6 Å². The van der Waals surface area contributed by atoms with Gasteiger partial charge in [0.05, 0.1) is 12.2 Å². The van der Waals surface area contributed by atoms with Gasteiger partial charge in [0.2, 0.25) is 0 Å². The van der Waals surface area contributed by atoms with Gasteiger partial charge in [-0.3, -0.25) is 9.88 Å². The molecule has 1 aromatic carbocycles. The van der Waals surface area contributed by atoms with E-state index in [1.807, 2.05) is 24.4 Å². The van der Waals surface area contributed by atoms with Gasteiger partial charge in [0, 0.05) is 45.0 Å². The number of pyridine rings is 1. The minimum Gasteiger partial charge on any atom is -0.357 e. The van der Waals surface area contributed by atoms with Crippen molar-refractivity contribution in [3.63, 3.8) is 0 Å². The number of hydrogen-bond donors (Lipinski definition) is 1. The molecule has 1 saturated heterocycles. The number of rotatable bonds is 6. The van der Waals surface area contributed by atoms with Crippen molar-refractivity contribution in [3.8, 4) is 0 Å².